The number of halogens is 1. The quantitative estimate of drug-likeness (QED) is 0.357. The van der Waals surface area contributed by atoms with Crippen LogP contribution in [0.1, 0.15) is 5.56 Å². The molecule has 26 heavy (non-hydrogen) atoms. The van der Waals surface area contributed by atoms with E-state index < -0.39 is 0 Å². The van der Waals surface area contributed by atoms with Gasteiger partial charge in [-0.05, 0) is 54.1 Å². The third kappa shape index (κ3) is 3.81. The van der Waals surface area contributed by atoms with Crippen molar-refractivity contribution in [2.45, 2.75) is 0 Å². The minimum absolute atomic E-state index is 0.622. The number of nitrogens with zero attached hydrogens (tertiary/aromatic N) is 2. The number of allylic oxidation sites excluding steroid dienone is 1. The molecule has 0 bridgehead atoms. The third-order valence-corrected chi connectivity index (χ3v) is 4.33. The normalized spacial score (nSPS) is 11.7. The monoisotopic (exact) mass is 402 g/mol. The lowest BCUT2D eigenvalue weighted by atomic mass is 10.2. The Bertz CT molecular complexity index is 1100. The van der Waals surface area contributed by atoms with E-state index in [-0.39, 0.29) is 0 Å². The Morgan fingerprint density at radius 1 is 0.923 bits per heavy atom. The van der Waals surface area contributed by atoms with Crippen LogP contribution >= 0.6 is 15.9 Å². The first-order valence-electron chi connectivity index (χ1n) is 8.20. The molecule has 126 valence electrons. The average Bonchev–Trinajstić information content (AvgIpc) is 3.09. The van der Waals surface area contributed by atoms with Crippen molar-refractivity contribution in [1.29, 1.82) is 0 Å². The standard InChI is InChI=1S/C22H15BrN2O/c23-18-10-4-6-16(14-18)7-5-13-24-19-11-12-21-20(15-19)25-22(26-21)17-8-2-1-3-9-17/h1-15H. The van der Waals surface area contributed by atoms with Crippen LogP contribution < -0.4 is 0 Å². The molecule has 0 saturated carbocycles. The average molecular weight is 403 g/mol. The van der Waals surface area contributed by atoms with Crippen LogP contribution in [0.5, 0.6) is 0 Å². The number of hydrogen-bond acceptors (Lipinski definition) is 3. The van der Waals surface area contributed by atoms with E-state index in [0.717, 1.165) is 32.4 Å². The van der Waals surface area contributed by atoms with Crippen LogP contribution in [0.3, 0.4) is 0 Å². The van der Waals surface area contributed by atoms with Crippen LogP contribution in [0, 0.1) is 0 Å². The van der Waals surface area contributed by atoms with Gasteiger partial charge < -0.3 is 4.42 Å². The number of fused-ring (bicyclic) bond motifs is 1. The Morgan fingerprint density at radius 3 is 2.65 bits per heavy atom. The predicted molar refractivity (Wildman–Crippen MR) is 111 cm³/mol. The minimum Gasteiger partial charge on any atom is -0.436 e. The number of rotatable bonds is 4. The van der Waals surface area contributed by atoms with Gasteiger partial charge in [-0.15, -0.1) is 0 Å². The highest BCUT2D eigenvalue weighted by atomic mass is 79.9. The van der Waals surface area contributed by atoms with Crippen molar-refractivity contribution in [3.8, 4) is 11.5 Å². The number of hydrogen-bond donors (Lipinski definition) is 0. The SMILES string of the molecule is Brc1cccc(C=CC=Nc2ccc3oc(-c4ccccc4)nc3c2)c1. The summed E-state index contributed by atoms with van der Waals surface area (Å²) in [7, 11) is 0. The Morgan fingerprint density at radius 2 is 1.81 bits per heavy atom. The molecule has 4 rings (SSSR count). The molecule has 0 N–H and O–H groups in total. The zero-order valence-corrected chi connectivity index (χ0v) is 15.4. The highest BCUT2D eigenvalue weighted by Gasteiger charge is 2.07. The van der Waals surface area contributed by atoms with Crippen molar-refractivity contribution in [3.05, 3.63) is 88.9 Å². The summed E-state index contributed by atoms with van der Waals surface area (Å²) in [5.41, 5.74) is 4.47. The molecule has 3 nitrogen and oxygen atoms in total. The molecule has 0 fully saturated rings. The fourth-order valence-corrected chi connectivity index (χ4v) is 3.01. The van der Waals surface area contributed by atoms with Crippen LogP contribution in [-0.4, -0.2) is 11.2 Å². The number of benzene rings is 3. The van der Waals surface area contributed by atoms with E-state index >= 15 is 0 Å². The van der Waals surface area contributed by atoms with Crippen molar-refractivity contribution >= 4 is 45.0 Å². The summed E-state index contributed by atoms with van der Waals surface area (Å²) >= 11 is 3.47. The third-order valence-electron chi connectivity index (χ3n) is 3.84. The summed E-state index contributed by atoms with van der Waals surface area (Å²) in [6.45, 7) is 0. The van der Waals surface area contributed by atoms with Gasteiger partial charge in [0.1, 0.15) is 5.52 Å². The van der Waals surface area contributed by atoms with Crippen LogP contribution in [0.4, 0.5) is 5.69 Å². The summed E-state index contributed by atoms with van der Waals surface area (Å²) in [6, 6.07) is 23.7. The van der Waals surface area contributed by atoms with E-state index in [1.54, 1.807) is 6.21 Å². The molecular formula is C22H15BrN2O. The Kier molecular flexibility index (Phi) is 4.75. The smallest absolute Gasteiger partial charge is 0.227 e. The molecule has 3 aromatic carbocycles. The van der Waals surface area contributed by atoms with Crippen molar-refractivity contribution in [1.82, 2.24) is 4.98 Å². The first-order chi connectivity index (χ1) is 12.8. The van der Waals surface area contributed by atoms with Gasteiger partial charge in [0.2, 0.25) is 5.89 Å². The second-order valence-corrected chi connectivity index (χ2v) is 6.65. The molecule has 1 heterocycles. The van der Waals surface area contributed by atoms with Crippen molar-refractivity contribution in [3.63, 3.8) is 0 Å². The van der Waals surface area contributed by atoms with Crippen LogP contribution in [0.15, 0.2) is 92.8 Å². The molecule has 0 radical (unpaired) electrons. The van der Waals surface area contributed by atoms with Crippen LogP contribution in [-0.2, 0) is 0 Å². The number of aromatic nitrogens is 1. The number of aliphatic imine (C=N–C) groups is 1. The van der Waals surface area contributed by atoms with Gasteiger partial charge in [-0.2, -0.15) is 0 Å². The van der Waals surface area contributed by atoms with Crippen LogP contribution in [0.2, 0.25) is 0 Å². The maximum atomic E-state index is 5.82. The lowest BCUT2D eigenvalue weighted by molar-refractivity contribution is 0.620. The first-order valence-corrected chi connectivity index (χ1v) is 8.99. The number of oxazole rings is 1. The molecule has 0 amide bonds. The van der Waals surface area contributed by atoms with E-state index in [2.05, 4.69) is 32.0 Å². The molecule has 0 saturated heterocycles. The fourth-order valence-electron chi connectivity index (χ4n) is 2.59. The van der Waals surface area contributed by atoms with Gasteiger partial charge in [0.25, 0.3) is 0 Å². The first kappa shape index (κ1) is 16.5. The zero-order valence-electron chi connectivity index (χ0n) is 13.8. The second kappa shape index (κ2) is 7.50. The Hall–Kier alpha value is -2.98. The molecular weight excluding hydrogens is 388 g/mol. The fraction of sp³-hybridized carbons (Fsp3) is 0. The van der Waals surface area contributed by atoms with E-state index in [0.29, 0.717) is 5.89 Å². The minimum atomic E-state index is 0.622. The molecule has 0 unspecified atom stereocenters. The Labute approximate surface area is 159 Å². The largest absolute Gasteiger partial charge is 0.436 e. The highest BCUT2D eigenvalue weighted by Crippen LogP contribution is 2.26. The van der Waals surface area contributed by atoms with Gasteiger partial charge >= 0.3 is 0 Å². The molecule has 0 aliphatic rings. The van der Waals surface area contributed by atoms with E-state index in [9.17, 15) is 0 Å². The van der Waals surface area contributed by atoms with Crippen LogP contribution in [0.25, 0.3) is 28.6 Å². The lowest BCUT2D eigenvalue weighted by Gasteiger charge is -1.93. The Balaban J connectivity index is 1.54. The van der Waals surface area contributed by atoms with Crippen molar-refractivity contribution in [2.75, 3.05) is 0 Å². The van der Waals surface area contributed by atoms with Gasteiger partial charge in [0.15, 0.2) is 5.58 Å². The predicted octanol–water partition coefficient (Wildman–Crippen LogP) is 6.67. The maximum Gasteiger partial charge on any atom is 0.227 e. The van der Waals surface area contributed by atoms with Crippen molar-refractivity contribution < 1.29 is 4.42 Å². The molecule has 0 aliphatic carbocycles. The summed E-state index contributed by atoms with van der Waals surface area (Å²) < 4.78 is 6.88. The van der Waals surface area contributed by atoms with E-state index in [1.165, 1.54) is 0 Å². The van der Waals surface area contributed by atoms with Gasteiger partial charge in [-0.1, -0.05) is 52.3 Å². The molecule has 4 heteroatoms. The topological polar surface area (TPSA) is 38.4 Å². The van der Waals surface area contributed by atoms with Gasteiger partial charge in [0.05, 0.1) is 5.69 Å². The molecule has 0 aliphatic heterocycles. The van der Waals surface area contributed by atoms with E-state index in [4.69, 9.17) is 4.42 Å². The summed E-state index contributed by atoms with van der Waals surface area (Å²) in [4.78, 5) is 9.04. The molecule has 4 aromatic rings. The molecule has 0 atom stereocenters. The maximum absolute atomic E-state index is 5.82. The van der Waals surface area contributed by atoms with Gasteiger partial charge in [-0.25, -0.2) is 4.98 Å². The molecule has 1 aromatic heterocycles. The van der Waals surface area contributed by atoms with Crippen molar-refractivity contribution in [2.24, 2.45) is 4.99 Å². The zero-order chi connectivity index (χ0) is 17.8. The highest BCUT2D eigenvalue weighted by molar-refractivity contribution is 9.10. The summed E-state index contributed by atoms with van der Waals surface area (Å²) in [5, 5.41) is 0. The van der Waals surface area contributed by atoms with Gasteiger partial charge in [0, 0.05) is 16.3 Å². The second-order valence-electron chi connectivity index (χ2n) is 5.73. The lowest BCUT2D eigenvalue weighted by Crippen LogP contribution is -1.75. The summed E-state index contributed by atoms with van der Waals surface area (Å²) in [6.07, 6.45) is 5.71. The summed E-state index contributed by atoms with van der Waals surface area (Å²) in [5.74, 6) is 0.622. The van der Waals surface area contributed by atoms with Gasteiger partial charge in [-0.3, -0.25) is 4.99 Å². The van der Waals surface area contributed by atoms with E-state index in [1.807, 2.05) is 78.9 Å². The molecule has 0 spiro atoms.